The zero-order valence-corrected chi connectivity index (χ0v) is 12.1. The van der Waals surface area contributed by atoms with Crippen molar-refractivity contribution in [2.75, 3.05) is 19.6 Å². The fourth-order valence-electron chi connectivity index (χ4n) is 4.13. The Morgan fingerprint density at radius 3 is 2.63 bits per heavy atom. The predicted octanol–water partition coefficient (Wildman–Crippen LogP) is 2.92. The minimum Gasteiger partial charge on any atom is -0.329 e. The summed E-state index contributed by atoms with van der Waals surface area (Å²) in [6, 6.07) is 8.91. The Labute approximate surface area is 117 Å². The highest BCUT2D eigenvalue weighted by Gasteiger charge is 2.39. The largest absolute Gasteiger partial charge is 0.329 e. The van der Waals surface area contributed by atoms with Crippen LogP contribution in [0.2, 0.25) is 0 Å². The van der Waals surface area contributed by atoms with Crippen LogP contribution in [-0.2, 0) is 6.42 Å². The molecule has 1 aromatic rings. The molecule has 1 aromatic carbocycles. The molecule has 1 atom stereocenters. The maximum Gasteiger partial charge on any atom is 0.0331 e. The van der Waals surface area contributed by atoms with Crippen molar-refractivity contribution in [1.29, 1.82) is 0 Å². The summed E-state index contributed by atoms with van der Waals surface area (Å²) in [4.78, 5) is 2.68. The van der Waals surface area contributed by atoms with Gasteiger partial charge in [-0.05, 0) is 36.9 Å². The van der Waals surface area contributed by atoms with Gasteiger partial charge in [0.05, 0.1) is 0 Å². The Kier molecular flexibility index (Phi) is 3.64. The van der Waals surface area contributed by atoms with Crippen molar-refractivity contribution in [3.8, 4) is 0 Å². The average molecular weight is 258 g/mol. The molecule has 2 nitrogen and oxygen atoms in total. The van der Waals surface area contributed by atoms with Crippen molar-refractivity contribution in [3.63, 3.8) is 0 Å². The van der Waals surface area contributed by atoms with Crippen LogP contribution in [0, 0.1) is 0 Å². The van der Waals surface area contributed by atoms with Crippen LogP contribution in [0.15, 0.2) is 24.3 Å². The third-order valence-corrected chi connectivity index (χ3v) is 5.37. The second kappa shape index (κ2) is 5.26. The van der Waals surface area contributed by atoms with Gasteiger partial charge in [0.25, 0.3) is 0 Å². The van der Waals surface area contributed by atoms with Gasteiger partial charge in [-0.25, -0.2) is 0 Å². The van der Waals surface area contributed by atoms with E-state index < -0.39 is 0 Å². The van der Waals surface area contributed by atoms with E-state index in [9.17, 15) is 0 Å². The zero-order valence-electron chi connectivity index (χ0n) is 12.1. The lowest BCUT2D eigenvalue weighted by Crippen LogP contribution is -2.53. The first kappa shape index (κ1) is 13.1. The van der Waals surface area contributed by atoms with E-state index in [-0.39, 0.29) is 0 Å². The molecule has 2 aliphatic rings. The SMILES string of the molecule is CCN(CC1Cc2ccccc21)C1(CN)CCCC1. The molecule has 0 amide bonds. The van der Waals surface area contributed by atoms with Gasteiger partial charge in [0, 0.05) is 24.5 Å². The van der Waals surface area contributed by atoms with Crippen LogP contribution in [0.4, 0.5) is 0 Å². The summed E-state index contributed by atoms with van der Waals surface area (Å²) in [5.74, 6) is 0.736. The Balaban J connectivity index is 1.71. The van der Waals surface area contributed by atoms with Crippen molar-refractivity contribution in [2.24, 2.45) is 5.73 Å². The molecule has 104 valence electrons. The van der Waals surface area contributed by atoms with E-state index in [4.69, 9.17) is 5.73 Å². The molecule has 1 unspecified atom stereocenters. The maximum atomic E-state index is 6.13. The third-order valence-electron chi connectivity index (χ3n) is 5.37. The molecule has 0 heterocycles. The Morgan fingerprint density at radius 1 is 1.26 bits per heavy atom. The highest BCUT2D eigenvalue weighted by molar-refractivity contribution is 5.40. The second-order valence-corrected chi connectivity index (χ2v) is 6.27. The Bertz CT molecular complexity index is 435. The monoisotopic (exact) mass is 258 g/mol. The van der Waals surface area contributed by atoms with Gasteiger partial charge in [0.1, 0.15) is 0 Å². The van der Waals surface area contributed by atoms with Crippen molar-refractivity contribution in [3.05, 3.63) is 35.4 Å². The molecule has 1 saturated carbocycles. The maximum absolute atomic E-state index is 6.13. The first-order valence-corrected chi connectivity index (χ1v) is 7.82. The smallest absolute Gasteiger partial charge is 0.0331 e. The number of hydrogen-bond donors (Lipinski definition) is 1. The van der Waals surface area contributed by atoms with Crippen molar-refractivity contribution < 1.29 is 0 Å². The van der Waals surface area contributed by atoms with Crippen LogP contribution >= 0.6 is 0 Å². The number of hydrogen-bond acceptors (Lipinski definition) is 2. The molecule has 0 saturated heterocycles. The number of nitrogens with zero attached hydrogens (tertiary/aromatic N) is 1. The number of fused-ring (bicyclic) bond motifs is 1. The van der Waals surface area contributed by atoms with E-state index in [0.29, 0.717) is 5.54 Å². The molecule has 0 aliphatic heterocycles. The Hall–Kier alpha value is -0.860. The molecule has 2 aliphatic carbocycles. The Morgan fingerprint density at radius 2 is 2.00 bits per heavy atom. The van der Waals surface area contributed by atoms with Gasteiger partial charge in [0.15, 0.2) is 0 Å². The standard InChI is InChI=1S/C17H26N2/c1-2-19(17(13-18)9-5-6-10-17)12-15-11-14-7-3-4-8-16(14)15/h3-4,7-8,15H,2,5-6,9-13,18H2,1H3. The third kappa shape index (κ3) is 2.21. The van der Waals surface area contributed by atoms with Crippen LogP contribution in [-0.4, -0.2) is 30.1 Å². The average Bonchev–Trinajstić information content (AvgIpc) is 2.90. The minimum absolute atomic E-state index is 0.305. The normalized spacial score (nSPS) is 24.3. The van der Waals surface area contributed by atoms with Gasteiger partial charge in [0.2, 0.25) is 0 Å². The predicted molar refractivity (Wildman–Crippen MR) is 80.4 cm³/mol. The van der Waals surface area contributed by atoms with Crippen LogP contribution in [0.25, 0.3) is 0 Å². The van der Waals surface area contributed by atoms with E-state index in [2.05, 4.69) is 36.1 Å². The van der Waals surface area contributed by atoms with Crippen LogP contribution in [0.5, 0.6) is 0 Å². The van der Waals surface area contributed by atoms with Crippen molar-refractivity contribution in [1.82, 2.24) is 4.90 Å². The molecular formula is C17H26N2. The zero-order chi connectivity index (χ0) is 13.3. The summed E-state index contributed by atoms with van der Waals surface area (Å²) in [5.41, 5.74) is 9.57. The molecule has 19 heavy (non-hydrogen) atoms. The van der Waals surface area contributed by atoms with Crippen molar-refractivity contribution in [2.45, 2.75) is 50.5 Å². The number of benzene rings is 1. The van der Waals surface area contributed by atoms with Crippen LogP contribution in [0.3, 0.4) is 0 Å². The lowest BCUT2D eigenvalue weighted by Gasteiger charge is -2.44. The lowest BCUT2D eigenvalue weighted by molar-refractivity contribution is 0.0943. The summed E-state index contributed by atoms with van der Waals surface area (Å²) in [7, 11) is 0. The van der Waals surface area contributed by atoms with E-state index in [0.717, 1.165) is 19.0 Å². The summed E-state index contributed by atoms with van der Waals surface area (Å²) in [5, 5.41) is 0. The van der Waals surface area contributed by atoms with Crippen LogP contribution in [0.1, 0.15) is 49.7 Å². The quantitative estimate of drug-likeness (QED) is 0.880. The second-order valence-electron chi connectivity index (χ2n) is 6.27. The molecule has 1 fully saturated rings. The summed E-state index contributed by atoms with van der Waals surface area (Å²) >= 11 is 0. The topological polar surface area (TPSA) is 29.3 Å². The highest BCUT2D eigenvalue weighted by Crippen LogP contribution is 2.40. The molecule has 0 bridgehead atoms. The molecule has 0 aromatic heterocycles. The molecule has 2 N–H and O–H groups in total. The molecule has 0 spiro atoms. The number of nitrogens with two attached hydrogens (primary N) is 1. The fourth-order valence-corrected chi connectivity index (χ4v) is 4.13. The van der Waals surface area contributed by atoms with Crippen molar-refractivity contribution >= 4 is 0 Å². The summed E-state index contributed by atoms with van der Waals surface area (Å²) < 4.78 is 0. The van der Waals surface area contributed by atoms with Gasteiger partial charge < -0.3 is 5.73 Å². The van der Waals surface area contributed by atoms with Crippen LogP contribution < -0.4 is 5.73 Å². The van der Waals surface area contributed by atoms with E-state index in [1.165, 1.54) is 38.6 Å². The van der Waals surface area contributed by atoms with E-state index >= 15 is 0 Å². The van der Waals surface area contributed by atoms with Gasteiger partial charge >= 0.3 is 0 Å². The van der Waals surface area contributed by atoms with Gasteiger partial charge in [-0.3, -0.25) is 4.90 Å². The lowest BCUT2D eigenvalue weighted by atomic mass is 9.76. The molecule has 2 heteroatoms. The first-order valence-electron chi connectivity index (χ1n) is 7.82. The van der Waals surface area contributed by atoms with E-state index in [1.54, 1.807) is 11.1 Å². The first-order chi connectivity index (χ1) is 9.29. The summed E-state index contributed by atoms with van der Waals surface area (Å²) in [6.45, 7) is 5.45. The minimum atomic E-state index is 0.305. The number of rotatable bonds is 5. The highest BCUT2D eigenvalue weighted by atomic mass is 15.2. The van der Waals surface area contributed by atoms with Gasteiger partial charge in [-0.2, -0.15) is 0 Å². The van der Waals surface area contributed by atoms with Gasteiger partial charge in [-0.1, -0.05) is 44.0 Å². The molecule has 0 radical (unpaired) electrons. The number of likely N-dealkylation sites (N-methyl/N-ethyl adjacent to an activating group) is 1. The summed E-state index contributed by atoms with van der Waals surface area (Å²) in [6.07, 6.45) is 6.56. The fraction of sp³-hybridized carbons (Fsp3) is 0.647. The van der Waals surface area contributed by atoms with E-state index in [1.807, 2.05) is 0 Å². The van der Waals surface area contributed by atoms with Gasteiger partial charge in [-0.15, -0.1) is 0 Å². The molecular weight excluding hydrogens is 232 g/mol. The molecule has 3 rings (SSSR count).